The maximum Gasteiger partial charge on any atom is 0.573 e. The Morgan fingerprint density at radius 3 is 2.62 bits per heavy atom. The Labute approximate surface area is 93.4 Å². The number of nitrogens with zero attached hydrogens (tertiary/aromatic N) is 2. The Hall–Kier alpha value is -1.68. The Morgan fingerprint density at radius 2 is 2.19 bits per heavy atom. The summed E-state index contributed by atoms with van der Waals surface area (Å²) in [7, 11) is 0. The zero-order valence-corrected chi connectivity index (χ0v) is 8.43. The topological polar surface area (TPSA) is 71.9 Å². The third-order valence-corrected chi connectivity index (χ3v) is 1.91. The second-order valence-corrected chi connectivity index (χ2v) is 2.94. The van der Waals surface area contributed by atoms with Crippen LogP contribution in [0.2, 0.25) is 0 Å². The van der Waals surface area contributed by atoms with Crippen molar-refractivity contribution in [1.82, 2.24) is 4.98 Å². The number of rotatable bonds is 2. The Bertz CT molecular complexity index is 441. The molecule has 1 aromatic heterocycles. The van der Waals surface area contributed by atoms with Gasteiger partial charge >= 0.3 is 6.36 Å². The van der Waals surface area contributed by atoms with Crippen LogP contribution in [0.1, 0.15) is 11.3 Å². The molecule has 0 atom stereocenters. The van der Waals surface area contributed by atoms with Gasteiger partial charge in [-0.2, -0.15) is 5.26 Å². The number of ether oxygens (including phenoxy) is 1. The molecule has 16 heavy (non-hydrogen) atoms. The summed E-state index contributed by atoms with van der Waals surface area (Å²) < 4.78 is 39.7. The molecule has 1 aromatic rings. The van der Waals surface area contributed by atoms with Crippen LogP contribution in [0.15, 0.2) is 6.20 Å². The molecule has 0 spiro atoms. The normalized spacial score (nSPS) is 10.9. The number of anilines is 1. The largest absolute Gasteiger partial charge is 0.573 e. The average Bonchev–Trinajstić information content (AvgIpc) is 2.19. The van der Waals surface area contributed by atoms with Gasteiger partial charge < -0.3 is 10.5 Å². The van der Waals surface area contributed by atoms with Crippen molar-refractivity contribution in [3.05, 3.63) is 17.5 Å². The minimum atomic E-state index is -4.94. The number of nitrogen functional groups attached to an aromatic ring is 1. The summed E-state index contributed by atoms with van der Waals surface area (Å²) in [5.41, 5.74) is 4.67. The van der Waals surface area contributed by atoms with Crippen LogP contribution in [-0.4, -0.2) is 11.3 Å². The van der Waals surface area contributed by atoms with Gasteiger partial charge in [0.25, 0.3) is 0 Å². The molecule has 0 aliphatic heterocycles. The lowest BCUT2D eigenvalue weighted by atomic mass is 10.2. The highest BCUT2D eigenvalue weighted by molar-refractivity contribution is 6.17. The maximum absolute atomic E-state index is 12.0. The van der Waals surface area contributed by atoms with E-state index in [1.165, 1.54) is 6.07 Å². The molecule has 0 aromatic carbocycles. The number of nitrogens with two attached hydrogens (primary N) is 1. The molecule has 2 N–H and O–H groups in total. The summed E-state index contributed by atoms with van der Waals surface area (Å²) in [6.07, 6.45) is -3.81. The van der Waals surface area contributed by atoms with E-state index in [0.717, 1.165) is 6.20 Å². The SMILES string of the molecule is N#Cc1ncc(CCl)c(N)c1OC(F)(F)F. The highest BCUT2D eigenvalue weighted by Crippen LogP contribution is 2.33. The molecule has 0 unspecified atom stereocenters. The van der Waals surface area contributed by atoms with Crippen molar-refractivity contribution in [2.45, 2.75) is 12.2 Å². The highest BCUT2D eigenvalue weighted by atomic mass is 35.5. The molecule has 1 rings (SSSR count). The third kappa shape index (κ3) is 2.67. The number of nitriles is 1. The molecule has 0 saturated heterocycles. The van der Waals surface area contributed by atoms with E-state index >= 15 is 0 Å². The second kappa shape index (κ2) is 4.45. The first-order valence-electron chi connectivity index (χ1n) is 3.88. The molecule has 0 fully saturated rings. The predicted molar refractivity (Wildman–Crippen MR) is 49.6 cm³/mol. The Kier molecular flexibility index (Phi) is 3.44. The third-order valence-electron chi connectivity index (χ3n) is 1.62. The van der Waals surface area contributed by atoms with Crippen molar-refractivity contribution in [2.24, 2.45) is 0 Å². The van der Waals surface area contributed by atoms with Crippen molar-refractivity contribution in [3.63, 3.8) is 0 Å². The fourth-order valence-corrected chi connectivity index (χ4v) is 1.16. The first-order chi connectivity index (χ1) is 7.39. The number of hydrogen-bond donors (Lipinski definition) is 1. The Balaban J connectivity index is 3.28. The van der Waals surface area contributed by atoms with Gasteiger partial charge in [-0.1, -0.05) is 0 Å². The molecule has 86 valence electrons. The van der Waals surface area contributed by atoms with Crippen LogP contribution in [0.3, 0.4) is 0 Å². The zero-order chi connectivity index (χ0) is 12.3. The quantitative estimate of drug-likeness (QED) is 0.818. The van der Waals surface area contributed by atoms with E-state index in [0.29, 0.717) is 0 Å². The summed E-state index contributed by atoms with van der Waals surface area (Å²) in [5.74, 6) is -0.938. The van der Waals surface area contributed by atoms with E-state index in [9.17, 15) is 13.2 Å². The van der Waals surface area contributed by atoms with Crippen LogP contribution in [0, 0.1) is 11.3 Å². The average molecular weight is 252 g/mol. The van der Waals surface area contributed by atoms with Gasteiger partial charge in [0.15, 0.2) is 11.4 Å². The van der Waals surface area contributed by atoms with Gasteiger partial charge in [0.2, 0.25) is 0 Å². The van der Waals surface area contributed by atoms with E-state index in [4.69, 9.17) is 22.6 Å². The van der Waals surface area contributed by atoms with Gasteiger partial charge in [0.05, 0.1) is 11.6 Å². The molecule has 8 heteroatoms. The monoisotopic (exact) mass is 251 g/mol. The van der Waals surface area contributed by atoms with Crippen molar-refractivity contribution < 1.29 is 17.9 Å². The summed E-state index contributed by atoms with van der Waals surface area (Å²) >= 11 is 5.43. The van der Waals surface area contributed by atoms with Crippen molar-refractivity contribution in [1.29, 1.82) is 5.26 Å². The zero-order valence-electron chi connectivity index (χ0n) is 7.68. The molecule has 0 aliphatic rings. The second-order valence-electron chi connectivity index (χ2n) is 2.67. The standard InChI is InChI=1S/C8H5ClF3N3O/c9-1-4-3-15-5(2-13)7(6(4)14)16-8(10,11)12/h3H,1H2,(H2,14,15). The lowest BCUT2D eigenvalue weighted by molar-refractivity contribution is -0.274. The fourth-order valence-electron chi connectivity index (χ4n) is 0.949. The van der Waals surface area contributed by atoms with Crippen LogP contribution in [-0.2, 0) is 5.88 Å². The van der Waals surface area contributed by atoms with E-state index in [1.54, 1.807) is 0 Å². The Morgan fingerprint density at radius 1 is 1.56 bits per heavy atom. The van der Waals surface area contributed by atoms with E-state index in [2.05, 4.69) is 9.72 Å². The van der Waals surface area contributed by atoms with Crippen molar-refractivity contribution in [2.75, 3.05) is 5.73 Å². The number of hydrogen-bond acceptors (Lipinski definition) is 4. The van der Waals surface area contributed by atoms with E-state index in [-0.39, 0.29) is 17.1 Å². The van der Waals surface area contributed by atoms with Crippen LogP contribution in [0.5, 0.6) is 5.75 Å². The van der Waals surface area contributed by atoms with Gasteiger partial charge in [-0.15, -0.1) is 24.8 Å². The molecular formula is C8H5ClF3N3O. The smallest absolute Gasteiger partial charge is 0.400 e. The van der Waals surface area contributed by atoms with E-state index in [1.807, 2.05) is 0 Å². The van der Waals surface area contributed by atoms with Gasteiger partial charge in [-0.25, -0.2) is 4.98 Å². The summed E-state index contributed by atoms with van der Waals surface area (Å²) in [6, 6.07) is 1.45. The molecule has 0 aliphatic carbocycles. The number of halogens is 4. The van der Waals surface area contributed by atoms with Gasteiger partial charge in [-0.05, 0) is 0 Å². The fraction of sp³-hybridized carbons (Fsp3) is 0.250. The number of alkyl halides is 4. The summed E-state index contributed by atoms with van der Waals surface area (Å²) in [6.45, 7) is 0. The van der Waals surface area contributed by atoms with Crippen molar-refractivity contribution >= 4 is 17.3 Å². The number of aromatic nitrogens is 1. The van der Waals surface area contributed by atoms with E-state index < -0.39 is 17.8 Å². The van der Waals surface area contributed by atoms with Crippen LogP contribution in [0.4, 0.5) is 18.9 Å². The molecule has 4 nitrogen and oxygen atoms in total. The highest BCUT2D eigenvalue weighted by Gasteiger charge is 2.34. The van der Waals surface area contributed by atoms with Gasteiger partial charge in [0.1, 0.15) is 6.07 Å². The lowest BCUT2D eigenvalue weighted by Crippen LogP contribution is -2.19. The predicted octanol–water partition coefficient (Wildman–Crippen LogP) is 2.17. The molecule has 0 saturated carbocycles. The van der Waals surface area contributed by atoms with Crippen LogP contribution >= 0.6 is 11.6 Å². The van der Waals surface area contributed by atoms with Gasteiger partial charge in [0, 0.05) is 11.8 Å². The summed E-state index contributed by atoms with van der Waals surface area (Å²) in [4.78, 5) is 3.46. The molecular weight excluding hydrogens is 247 g/mol. The molecule has 1 heterocycles. The maximum atomic E-state index is 12.0. The summed E-state index contributed by atoms with van der Waals surface area (Å²) in [5, 5.41) is 8.55. The molecule has 0 amide bonds. The van der Waals surface area contributed by atoms with Crippen LogP contribution in [0.25, 0.3) is 0 Å². The minimum Gasteiger partial charge on any atom is -0.400 e. The first kappa shape index (κ1) is 12.4. The molecule has 0 bridgehead atoms. The van der Waals surface area contributed by atoms with Gasteiger partial charge in [-0.3, -0.25) is 0 Å². The van der Waals surface area contributed by atoms with Crippen molar-refractivity contribution in [3.8, 4) is 11.8 Å². The van der Waals surface area contributed by atoms with Crippen LogP contribution < -0.4 is 10.5 Å². The minimum absolute atomic E-state index is 0.126. The lowest BCUT2D eigenvalue weighted by Gasteiger charge is -2.13. The first-order valence-corrected chi connectivity index (χ1v) is 4.41. The number of pyridine rings is 1. The molecule has 0 radical (unpaired) electrons.